The highest BCUT2D eigenvalue weighted by atomic mass is 16.5. The fraction of sp³-hybridized carbons (Fsp3) is 0.150. The molecular formula is C20H18O4. The molecule has 0 amide bonds. The molecule has 0 aliphatic rings. The Hall–Kier alpha value is -3.01. The summed E-state index contributed by atoms with van der Waals surface area (Å²) in [5, 5.41) is 21.6. The van der Waals surface area contributed by atoms with Crippen molar-refractivity contribution >= 4 is 16.7 Å². The second-order valence-electron chi connectivity index (χ2n) is 5.55. The van der Waals surface area contributed by atoms with Crippen LogP contribution < -0.4 is 0 Å². The zero-order valence-electron chi connectivity index (χ0n) is 13.3. The van der Waals surface area contributed by atoms with Crippen LogP contribution in [-0.4, -0.2) is 22.8 Å². The average Bonchev–Trinajstić information content (AvgIpc) is 2.63. The monoisotopic (exact) mass is 322 g/mol. The molecule has 0 saturated heterocycles. The third-order valence-electron chi connectivity index (χ3n) is 3.85. The molecule has 0 saturated carbocycles. The standard InChI is InChI=1S/C20H18O4/c1-2-10-24-20(23)17-12-18(21)16-11-14(8-9-15(16)19(17)22)13-6-4-3-5-7-13/h3-9,11-12,21-22H,2,10H2,1H3. The first-order chi connectivity index (χ1) is 11.6. The van der Waals surface area contributed by atoms with Crippen LogP contribution >= 0.6 is 0 Å². The number of carbonyl (C=O) groups is 1. The highest BCUT2D eigenvalue weighted by molar-refractivity contribution is 6.04. The Morgan fingerprint density at radius 2 is 1.71 bits per heavy atom. The normalized spacial score (nSPS) is 10.7. The van der Waals surface area contributed by atoms with E-state index in [2.05, 4.69) is 0 Å². The van der Waals surface area contributed by atoms with Crippen LogP contribution in [0.25, 0.3) is 21.9 Å². The third kappa shape index (κ3) is 2.91. The molecule has 0 aliphatic heterocycles. The van der Waals surface area contributed by atoms with E-state index in [1.165, 1.54) is 6.07 Å². The number of aromatic hydroxyl groups is 2. The number of ether oxygens (including phenoxy) is 1. The van der Waals surface area contributed by atoms with Crippen molar-refractivity contribution in [2.24, 2.45) is 0 Å². The second-order valence-corrected chi connectivity index (χ2v) is 5.55. The van der Waals surface area contributed by atoms with E-state index < -0.39 is 5.97 Å². The lowest BCUT2D eigenvalue weighted by Gasteiger charge is -2.11. The van der Waals surface area contributed by atoms with Crippen molar-refractivity contribution < 1.29 is 19.7 Å². The molecule has 24 heavy (non-hydrogen) atoms. The van der Waals surface area contributed by atoms with Crippen LogP contribution in [-0.2, 0) is 4.74 Å². The minimum atomic E-state index is -0.640. The summed E-state index contributed by atoms with van der Waals surface area (Å²) in [7, 11) is 0. The van der Waals surface area contributed by atoms with Crippen molar-refractivity contribution in [2.75, 3.05) is 6.61 Å². The maximum atomic E-state index is 12.0. The van der Waals surface area contributed by atoms with Gasteiger partial charge >= 0.3 is 5.97 Å². The molecule has 0 aromatic heterocycles. The molecule has 4 nitrogen and oxygen atoms in total. The largest absolute Gasteiger partial charge is 0.507 e. The molecule has 4 heteroatoms. The van der Waals surface area contributed by atoms with Crippen molar-refractivity contribution in [2.45, 2.75) is 13.3 Å². The van der Waals surface area contributed by atoms with E-state index in [4.69, 9.17) is 4.74 Å². The van der Waals surface area contributed by atoms with Crippen LogP contribution in [0.4, 0.5) is 0 Å². The molecule has 0 spiro atoms. The van der Waals surface area contributed by atoms with E-state index in [-0.39, 0.29) is 23.7 Å². The smallest absolute Gasteiger partial charge is 0.342 e. The molecule has 2 N–H and O–H groups in total. The predicted octanol–water partition coefficient (Wildman–Crippen LogP) is 4.48. The van der Waals surface area contributed by atoms with Gasteiger partial charge in [-0.15, -0.1) is 0 Å². The SMILES string of the molecule is CCCOC(=O)c1cc(O)c2cc(-c3ccccc3)ccc2c1O. The van der Waals surface area contributed by atoms with Crippen molar-refractivity contribution in [1.82, 2.24) is 0 Å². The number of phenols is 2. The van der Waals surface area contributed by atoms with Crippen molar-refractivity contribution in [3.8, 4) is 22.6 Å². The molecule has 0 aliphatic carbocycles. The molecular weight excluding hydrogens is 304 g/mol. The molecule has 122 valence electrons. The van der Waals surface area contributed by atoms with E-state index in [9.17, 15) is 15.0 Å². The quantitative estimate of drug-likeness (QED) is 0.549. The fourth-order valence-electron chi connectivity index (χ4n) is 2.63. The van der Waals surface area contributed by atoms with Gasteiger partial charge in [-0.1, -0.05) is 43.3 Å². The van der Waals surface area contributed by atoms with Gasteiger partial charge in [-0.2, -0.15) is 0 Å². The molecule has 0 heterocycles. The summed E-state index contributed by atoms with van der Waals surface area (Å²) in [6, 6.07) is 16.3. The topological polar surface area (TPSA) is 66.8 Å². The lowest BCUT2D eigenvalue weighted by Crippen LogP contribution is -2.06. The van der Waals surface area contributed by atoms with Gasteiger partial charge in [-0.3, -0.25) is 0 Å². The zero-order valence-corrected chi connectivity index (χ0v) is 13.3. The first kappa shape index (κ1) is 15.9. The molecule has 0 atom stereocenters. The molecule has 0 unspecified atom stereocenters. The van der Waals surface area contributed by atoms with Gasteiger partial charge in [0.2, 0.25) is 0 Å². The van der Waals surface area contributed by atoms with Crippen LogP contribution in [0.2, 0.25) is 0 Å². The van der Waals surface area contributed by atoms with E-state index in [0.29, 0.717) is 17.2 Å². The Bertz CT molecular complexity index is 885. The number of carbonyl (C=O) groups excluding carboxylic acids is 1. The predicted molar refractivity (Wildman–Crippen MR) is 93.3 cm³/mol. The number of phenolic OH excluding ortho intramolecular Hbond substituents is 2. The summed E-state index contributed by atoms with van der Waals surface area (Å²) in [5.74, 6) is -0.883. The Kier molecular flexibility index (Phi) is 4.38. The van der Waals surface area contributed by atoms with Crippen molar-refractivity contribution in [1.29, 1.82) is 0 Å². The number of hydrogen-bond acceptors (Lipinski definition) is 4. The van der Waals surface area contributed by atoms with Gasteiger partial charge < -0.3 is 14.9 Å². The summed E-state index contributed by atoms with van der Waals surface area (Å²) in [4.78, 5) is 12.0. The first-order valence-electron chi connectivity index (χ1n) is 7.83. The first-order valence-corrected chi connectivity index (χ1v) is 7.83. The van der Waals surface area contributed by atoms with Gasteiger partial charge in [0.1, 0.15) is 17.1 Å². The summed E-state index contributed by atoms with van der Waals surface area (Å²) in [6.45, 7) is 2.15. The summed E-state index contributed by atoms with van der Waals surface area (Å²) < 4.78 is 5.04. The fourth-order valence-corrected chi connectivity index (χ4v) is 2.63. The Balaban J connectivity index is 2.10. The van der Waals surface area contributed by atoms with Crippen LogP contribution in [0.15, 0.2) is 54.6 Å². The van der Waals surface area contributed by atoms with E-state index in [1.807, 2.05) is 43.3 Å². The Labute approximate surface area is 139 Å². The summed E-state index contributed by atoms with van der Waals surface area (Å²) >= 11 is 0. The van der Waals surface area contributed by atoms with Gasteiger partial charge in [0.15, 0.2) is 0 Å². The number of hydrogen-bond donors (Lipinski definition) is 2. The molecule has 0 fully saturated rings. The molecule has 3 aromatic rings. The highest BCUT2D eigenvalue weighted by Crippen LogP contribution is 2.38. The Morgan fingerprint density at radius 3 is 2.42 bits per heavy atom. The third-order valence-corrected chi connectivity index (χ3v) is 3.85. The Morgan fingerprint density at radius 1 is 0.958 bits per heavy atom. The zero-order chi connectivity index (χ0) is 17.1. The van der Waals surface area contributed by atoms with Gasteiger partial charge in [-0.05, 0) is 35.7 Å². The highest BCUT2D eigenvalue weighted by Gasteiger charge is 2.18. The van der Waals surface area contributed by atoms with Gasteiger partial charge in [0.05, 0.1) is 6.61 Å². The van der Waals surface area contributed by atoms with Crippen LogP contribution in [0, 0.1) is 0 Å². The molecule has 3 rings (SSSR count). The maximum Gasteiger partial charge on any atom is 0.342 e. The van der Waals surface area contributed by atoms with Crippen molar-refractivity contribution in [3.05, 3.63) is 60.2 Å². The van der Waals surface area contributed by atoms with Gasteiger partial charge in [0, 0.05) is 10.8 Å². The van der Waals surface area contributed by atoms with Gasteiger partial charge in [0.25, 0.3) is 0 Å². The number of fused-ring (bicyclic) bond motifs is 1. The van der Waals surface area contributed by atoms with E-state index in [1.54, 1.807) is 12.1 Å². The molecule has 0 bridgehead atoms. The second kappa shape index (κ2) is 6.62. The maximum absolute atomic E-state index is 12.0. The summed E-state index contributed by atoms with van der Waals surface area (Å²) in [5.41, 5.74) is 1.89. The summed E-state index contributed by atoms with van der Waals surface area (Å²) in [6.07, 6.45) is 0.687. The molecule has 0 radical (unpaired) electrons. The lowest BCUT2D eigenvalue weighted by atomic mass is 9.98. The van der Waals surface area contributed by atoms with E-state index >= 15 is 0 Å². The van der Waals surface area contributed by atoms with Crippen LogP contribution in [0.1, 0.15) is 23.7 Å². The lowest BCUT2D eigenvalue weighted by molar-refractivity contribution is 0.0501. The van der Waals surface area contributed by atoms with Crippen LogP contribution in [0.3, 0.4) is 0 Å². The molecule has 3 aromatic carbocycles. The van der Waals surface area contributed by atoms with E-state index in [0.717, 1.165) is 11.1 Å². The minimum Gasteiger partial charge on any atom is -0.507 e. The number of rotatable bonds is 4. The number of esters is 1. The van der Waals surface area contributed by atoms with Crippen LogP contribution in [0.5, 0.6) is 11.5 Å². The van der Waals surface area contributed by atoms with Gasteiger partial charge in [-0.25, -0.2) is 4.79 Å². The average molecular weight is 322 g/mol. The number of benzene rings is 3. The van der Waals surface area contributed by atoms with Crippen molar-refractivity contribution in [3.63, 3.8) is 0 Å². The minimum absolute atomic E-state index is 0.0269.